The third kappa shape index (κ3) is 4.30. The molecule has 0 aromatic carbocycles. The zero-order valence-corrected chi connectivity index (χ0v) is 13.6. The minimum absolute atomic E-state index is 0.249. The van der Waals surface area contributed by atoms with Crippen molar-refractivity contribution >= 4 is 17.2 Å². The summed E-state index contributed by atoms with van der Waals surface area (Å²) in [6, 6.07) is 5.63. The van der Waals surface area contributed by atoms with Gasteiger partial charge in [0.05, 0.1) is 0 Å². The fraction of sp³-hybridized carbons (Fsp3) is 0.706. The van der Waals surface area contributed by atoms with E-state index in [0.29, 0.717) is 23.9 Å². The van der Waals surface area contributed by atoms with Crippen molar-refractivity contribution in [2.75, 3.05) is 6.54 Å². The number of piperidine rings is 1. The van der Waals surface area contributed by atoms with E-state index in [4.69, 9.17) is 0 Å². The molecule has 0 spiro atoms. The van der Waals surface area contributed by atoms with Crippen LogP contribution in [0.1, 0.15) is 43.9 Å². The second kappa shape index (κ2) is 6.93. The predicted octanol–water partition coefficient (Wildman–Crippen LogP) is 2.96. The van der Waals surface area contributed by atoms with Crippen LogP contribution in [0.25, 0.3) is 0 Å². The molecule has 0 aliphatic carbocycles. The van der Waals surface area contributed by atoms with Gasteiger partial charge in [0.15, 0.2) is 0 Å². The summed E-state index contributed by atoms with van der Waals surface area (Å²) in [5, 5.41) is 8.89. The molecule has 1 amide bonds. The lowest BCUT2D eigenvalue weighted by Crippen LogP contribution is -2.40. The van der Waals surface area contributed by atoms with Gasteiger partial charge in [-0.1, -0.05) is 13.0 Å². The molecule has 2 saturated heterocycles. The van der Waals surface area contributed by atoms with Crippen molar-refractivity contribution in [1.29, 1.82) is 0 Å². The summed E-state index contributed by atoms with van der Waals surface area (Å²) in [5.74, 6) is 1.35. The van der Waals surface area contributed by atoms with Gasteiger partial charge in [0.25, 0.3) is 0 Å². The van der Waals surface area contributed by atoms with E-state index in [9.17, 15) is 4.79 Å². The Morgan fingerprint density at radius 1 is 1.43 bits per heavy atom. The van der Waals surface area contributed by atoms with Crippen LogP contribution in [0.3, 0.4) is 0 Å². The van der Waals surface area contributed by atoms with E-state index in [1.165, 1.54) is 30.6 Å². The van der Waals surface area contributed by atoms with Gasteiger partial charge in [-0.15, -0.1) is 11.3 Å². The minimum atomic E-state index is 0.249. The predicted molar refractivity (Wildman–Crippen MR) is 87.5 cm³/mol. The molecule has 3 heterocycles. The molecule has 21 heavy (non-hydrogen) atoms. The summed E-state index contributed by atoms with van der Waals surface area (Å²) in [5.41, 5.74) is 0. The third-order valence-corrected chi connectivity index (χ3v) is 5.72. The van der Waals surface area contributed by atoms with E-state index in [2.05, 4.69) is 35.1 Å². The molecule has 2 aliphatic rings. The first-order valence-electron chi connectivity index (χ1n) is 8.24. The van der Waals surface area contributed by atoms with Gasteiger partial charge in [-0.2, -0.15) is 0 Å². The van der Waals surface area contributed by atoms with Crippen molar-refractivity contribution in [3.8, 4) is 0 Å². The van der Waals surface area contributed by atoms with E-state index < -0.39 is 0 Å². The molecule has 2 bridgehead atoms. The summed E-state index contributed by atoms with van der Waals surface area (Å²) in [4.78, 5) is 13.5. The van der Waals surface area contributed by atoms with Crippen molar-refractivity contribution in [1.82, 2.24) is 10.6 Å². The molecule has 0 saturated carbocycles. The lowest BCUT2D eigenvalue weighted by atomic mass is 9.89. The van der Waals surface area contributed by atoms with Gasteiger partial charge in [0, 0.05) is 29.9 Å². The number of hydrogen-bond acceptors (Lipinski definition) is 3. The molecule has 0 radical (unpaired) electrons. The number of carbonyl (C=O) groups is 1. The molecule has 4 heteroatoms. The number of carbonyl (C=O) groups excluding carboxylic acids is 1. The Kier molecular flexibility index (Phi) is 4.96. The Balaban J connectivity index is 1.36. The maximum Gasteiger partial charge on any atom is 0.220 e. The van der Waals surface area contributed by atoms with E-state index in [1.54, 1.807) is 11.3 Å². The average Bonchev–Trinajstić information content (AvgIpc) is 3.06. The highest BCUT2D eigenvalue weighted by Crippen LogP contribution is 2.32. The van der Waals surface area contributed by atoms with Crippen molar-refractivity contribution in [3.63, 3.8) is 0 Å². The smallest absolute Gasteiger partial charge is 0.220 e. The summed E-state index contributed by atoms with van der Waals surface area (Å²) >= 11 is 1.80. The molecule has 2 N–H and O–H groups in total. The second-order valence-corrected chi connectivity index (χ2v) is 7.90. The van der Waals surface area contributed by atoms with Crippen LogP contribution in [0.5, 0.6) is 0 Å². The van der Waals surface area contributed by atoms with Crippen LogP contribution in [-0.2, 0) is 11.2 Å². The zero-order chi connectivity index (χ0) is 14.7. The van der Waals surface area contributed by atoms with Gasteiger partial charge >= 0.3 is 0 Å². The lowest BCUT2D eigenvalue weighted by Gasteiger charge is -2.28. The molecule has 3 atom stereocenters. The maximum absolute atomic E-state index is 12.1. The molecular formula is C17H26N2OS. The highest BCUT2D eigenvalue weighted by atomic mass is 32.1. The van der Waals surface area contributed by atoms with Gasteiger partial charge in [0.2, 0.25) is 5.91 Å². The highest BCUT2D eigenvalue weighted by Gasteiger charge is 2.34. The van der Waals surface area contributed by atoms with Gasteiger partial charge in [0.1, 0.15) is 0 Å². The number of hydrogen-bond donors (Lipinski definition) is 2. The monoisotopic (exact) mass is 306 g/mol. The van der Waals surface area contributed by atoms with E-state index >= 15 is 0 Å². The van der Waals surface area contributed by atoms with Gasteiger partial charge in [-0.25, -0.2) is 0 Å². The quantitative estimate of drug-likeness (QED) is 0.848. The Morgan fingerprint density at radius 2 is 2.19 bits per heavy atom. The van der Waals surface area contributed by atoms with Gasteiger partial charge in [-0.05, 0) is 55.4 Å². The molecule has 2 fully saturated rings. The molecule has 2 aliphatic heterocycles. The Morgan fingerprint density at radius 3 is 2.86 bits per heavy atom. The molecule has 3 nitrogen and oxygen atoms in total. The van der Waals surface area contributed by atoms with Crippen LogP contribution in [0.2, 0.25) is 0 Å². The number of fused-ring (bicyclic) bond motifs is 2. The first kappa shape index (κ1) is 15.0. The van der Waals surface area contributed by atoms with E-state index in [1.807, 2.05) is 0 Å². The van der Waals surface area contributed by atoms with E-state index in [-0.39, 0.29) is 5.91 Å². The fourth-order valence-electron chi connectivity index (χ4n) is 3.81. The molecule has 1 aromatic heterocycles. The Labute approximate surface area is 131 Å². The summed E-state index contributed by atoms with van der Waals surface area (Å²) in [6.07, 6.45) is 6.78. The summed E-state index contributed by atoms with van der Waals surface area (Å²) in [7, 11) is 0. The highest BCUT2D eigenvalue weighted by molar-refractivity contribution is 7.09. The number of rotatable bonds is 6. The summed E-state index contributed by atoms with van der Waals surface area (Å²) < 4.78 is 0. The number of amides is 1. The number of thiophene rings is 1. The van der Waals surface area contributed by atoms with Crippen molar-refractivity contribution in [2.24, 2.45) is 11.8 Å². The van der Waals surface area contributed by atoms with Crippen LogP contribution in [-0.4, -0.2) is 24.5 Å². The fourth-order valence-corrected chi connectivity index (χ4v) is 4.68. The molecule has 1 aromatic rings. The Hall–Kier alpha value is -0.870. The second-order valence-electron chi connectivity index (χ2n) is 6.87. The zero-order valence-electron chi connectivity index (χ0n) is 12.8. The SMILES string of the molecule is CC(CNC(=O)CC1CC2CCC(C1)N2)Cc1cccs1. The normalized spacial score (nSPS) is 29.3. The molecule has 3 unspecified atom stereocenters. The minimum Gasteiger partial charge on any atom is -0.356 e. The van der Waals surface area contributed by atoms with Crippen molar-refractivity contribution in [2.45, 2.75) is 57.5 Å². The maximum atomic E-state index is 12.1. The topological polar surface area (TPSA) is 41.1 Å². The standard InChI is InChI=1S/C17H26N2OS/c1-12(7-16-3-2-6-21-16)11-18-17(20)10-13-8-14-4-5-15(9-13)19-14/h2-3,6,12-15,19H,4-5,7-11H2,1H3,(H,18,20). The van der Waals surface area contributed by atoms with Crippen LogP contribution in [0.4, 0.5) is 0 Å². The summed E-state index contributed by atoms with van der Waals surface area (Å²) in [6.45, 7) is 3.01. The molecular weight excluding hydrogens is 280 g/mol. The van der Waals surface area contributed by atoms with Gasteiger partial charge in [-0.3, -0.25) is 4.79 Å². The van der Waals surface area contributed by atoms with Crippen LogP contribution >= 0.6 is 11.3 Å². The number of nitrogens with one attached hydrogen (secondary N) is 2. The van der Waals surface area contributed by atoms with Crippen molar-refractivity contribution in [3.05, 3.63) is 22.4 Å². The van der Waals surface area contributed by atoms with Crippen LogP contribution in [0.15, 0.2) is 17.5 Å². The molecule has 116 valence electrons. The van der Waals surface area contributed by atoms with Crippen molar-refractivity contribution < 1.29 is 4.79 Å². The van der Waals surface area contributed by atoms with E-state index in [0.717, 1.165) is 19.4 Å². The first-order valence-corrected chi connectivity index (χ1v) is 9.12. The third-order valence-electron chi connectivity index (χ3n) is 4.82. The average molecular weight is 306 g/mol. The Bertz CT molecular complexity index is 447. The largest absolute Gasteiger partial charge is 0.356 e. The van der Waals surface area contributed by atoms with Crippen LogP contribution in [0, 0.1) is 11.8 Å². The van der Waals surface area contributed by atoms with Crippen LogP contribution < -0.4 is 10.6 Å². The molecule has 3 rings (SSSR count). The lowest BCUT2D eigenvalue weighted by molar-refractivity contribution is -0.122. The van der Waals surface area contributed by atoms with Gasteiger partial charge < -0.3 is 10.6 Å². The first-order chi connectivity index (χ1) is 10.2.